The number of carbonyl (C=O) groups excluding carboxylic acids is 1. The van der Waals surface area contributed by atoms with E-state index in [0.717, 1.165) is 22.4 Å². The van der Waals surface area contributed by atoms with E-state index < -0.39 is 0 Å². The lowest BCUT2D eigenvalue weighted by Gasteiger charge is -2.08. The monoisotopic (exact) mass is 402 g/mol. The summed E-state index contributed by atoms with van der Waals surface area (Å²) in [5, 5.41) is 9.09. The molecule has 0 aliphatic carbocycles. The van der Waals surface area contributed by atoms with E-state index in [9.17, 15) is 4.79 Å². The SMILES string of the molecule is O=C(/C(=N\N=C(/Cc1ccccc1)c1ccccc1)c1ccccc1)c1ccccc1. The van der Waals surface area contributed by atoms with Crippen LogP contribution in [0.2, 0.25) is 0 Å². The summed E-state index contributed by atoms with van der Waals surface area (Å²) in [5.41, 5.74) is 4.58. The van der Waals surface area contributed by atoms with E-state index in [1.54, 1.807) is 12.1 Å². The lowest BCUT2D eigenvalue weighted by molar-refractivity contribution is 0.106. The van der Waals surface area contributed by atoms with E-state index in [1.807, 2.05) is 97.1 Å². The second kappa shape index (κ2) is 10.1. The summed E-state index contributed by atoms with van der Waals surface area (Å²) in [6, 6.07) is 38.8. The quantitative estimate of drug-likeness (QED) is 0.212. The van der Waals surface area contributed by atoms with Gasteiger partial charge in [-0.25, -0.2) is 0 Å². The molecule has 31 heavy (non-hydrogen) atoms. The van der Waals surface area contributed by atoms with Gasteiger partial charge in [-0.3, -0.25) is 4.79 Å². The van der Waals surface area contributed by atoms with Crippen LogP contribution in [0, 0.1) is 0 Å². The van der Waals surface area contributed by atoms with Crippen molar-refractivity contribution in [3.63, 3.8) is 0 Å². The van der Waals surface area contributed by atoms with Gasteiger partial charge in [0.05, 0.1) is 5.71 Å². The molecule has 0 fully saturated rings. The Morgan fingerprint density at radius 1 is 0.516 bits per heavy atom. The number of carbonyl (C=O) groups is 1. The van der Waals surface area contributed by atoms with Crippen LogP contribution in [0.15, 0.2) is 132 Å². The molecule has 0 saturated carbocycles. The van der Waals surface area contributed by atoms with Crippen LogP contribution >= 0.6 is 0 Å². The number of rotatable bonds is 7. The van der Waals surface area contributed by atoms with Crippen molar-refractivity contribution in [3.8, 4) is 0 Å². The Bertz CT molecular complexity index is 1180. The van der Waals surface area contributed by atoms with E-state index in [0.29, 0.717) is 17.7 Å². The Morgan fingerprint density at radius 3 is 1.52 bits per heavy atom. The molecule has 0 spiro atoms. The molecule has 0 atom stereocenters. The van der Waals surface area contributed by atoms with E-state index in [1.165, 1.54) is 0 Å². The minimum atomic E-state index is -0.150. The predicted molar refractivity (Wildman–Crippen MR) is 127 cm³/mol. The van der Waals surface area contributed by atoms with Gasteiger partial charge in [-0.05, 0) is 11.1 Å². The maximum Gasteiger partial charge on any atom is 0.213 e. The number of nitrogens with zero attached hydrogens (tertiary/aromatic N) is 2. The zero-order chi connectivity index (χ0) is 21.3. The Morgan fingerprint density at radius 2 is 0.968 bits per heavy atom. The summed E-state index contributed by atoms with van der Waals surface area (Å²) in [4.78, 5) is 13.3. The molecule has 0 radical (unpaired) electrons. The fourth-order valence-corrected chi connectivity index (χ4v) is 3.28. The minimum absolute atomic E-state index is 0.150. The molecule has 0 heterocycles. The van der Waals surface area contributed by atoms with Crippen LogP contribution in [0.25, 0.3) is 0 Å². The molecule has 4 aromatic carbocycles. The van der Waals surface area contributed by atoms with Crippen LogP contribution in [-0.4, -0.2) is 17.2 Å². The molecule has 3 nitrogen and oxygen atoms in total. The van der Waals surface area contributed by atoms with Crippen LogP contribution in [0.4, 0.5) is 0 Å². The number of Topliss-reactive ketones (excluding diaryl/α,β-unsaturated/α-hetero) is 1. The van der Waals surface area contributed by atoms with Crippen molar-refractivity contribution < 1.29 is 4.79 Å². The standard InChI is InChI=1S/C28H22N2O/c31-28(25-19-11-4-12-20-25)27(24-17-9-3-10-18-24)30-29-26(23-15-7-2-8-16-23)21-22-13-5-1-6-14-22/h1-20H,21H2/b29-26+,30-27-. The molecule has 4 aromatic rings. The number of ketones is 1. The third-order valence-electron chi connectivity index (χ3n) is 4.89. The van der Waals surface area contributed by atoms with Crippen molar-refractivity contribution in [1.29, 1.82) is 0 Å². The van der Waals surface area contributed by atoms with Crippen molar-refractivity contribution in [2.24, 2.45) is 10.2 Å². The molecule has 0 amide bonds. The van der Waals surface area contributed by atoms with Crippen molar-refractivity contribution >= 4 is 17.2 Å². The molecule has 3 heteroatoms. The highest BCUT2D eigenvalue weighted by atomic mass is 16.1. The molecular weight excluding hydrogens is 380 g/mol. The summed E-state index contributed by atoms with van der Waals surface area (Å²) < 4.78 is 0. The zero-order valence-corrected chi connectivity index (χ0v) is 17.1. The van der Waals surface area contributed by atoms with Crippen molar-refractivity contribution in [3.05, 3.63) is 144 Å². The first-order valence-corrected chi connectivity index (χ1v) is 10.2. The molecule has 0 bridgehead atoms. The highest BCUT2D eigenvalue weighted by Crippen LogP contribution is 2.12. The van der Waals surface area contributed by atoms with Crippen molar-refractivity contribution in [2.75, 3.05) is 0 Å². The van der Waals surface area contributed by atoms with Crippen LogP contribution < -0.4 is 0 Å². The molecule has 0 aromatic heterocycles. The van der Waals surface area contributed by atoms with Gasteiger partial charge in [-0.1, -0.05) is 121 Å². The van der Waals surface area contributed by atoms with E-state index in [4.69, 9.17) is 0 Å². The van der Waals surface area contributed by atoms with E-state index >= 15 is 0 Å². The van der Waals surface area contributed by atoms with Crippen LogP contribution in [0.1, 0.15) is 27.0 Å². The average molecular weight is 402 g/mol. The van der Waals surface area contributed by atoms with Gasteiger partial charge in [-0.2, -0.15) is 5.10 Å². The van der Waals surface area contributed by atoms with Gasteiger partial charge in [0.25, 0.3) is 0 Å². The second-order valence-corrected chi connectivity index (χ2v) is 7.08. The molecular formula is C28H22N2O. The van der Waals surface area contributed by atoms with Crippen LogP contribution in [0.5, 0.6) is 0 Å². The Balaban J connectivity index is 1.78. The van der Waals surface area contributed by atoms with Crippen molar-refractivity contribution in [1.82, 2.24) is 0 Å². The van der Waals surface area contributed by atoms with Gasteiger partial charge in [0.2, 0.25) is 5.78 Å². The summed E-state index contributed by atoms with van der Waals surface area (Å²) in [6.45, 7) is 0. The first-order valence-electron chi connectivity index (χ1n) is 10.2. The van der Waals surface area contributed by atoms with Crippen LogP contribution in [-0.2, 0) is 6.42 Å². The average Bonchev–Trinajstić information content (AvgIpc) is 2.85. The normalized spacial score (nSPS) is 11.9. The summed E-state index contributed by atoms with van der Waals surface area (Å²) in [6.07, 6.45) is 0.621. The second-order valence-electron chi connectivity index (χ2n) is 7.08. The molecule has 0 unspecified atom stereocenters. The van der Waals surface area contributed by atoms with Gasteiger partial charge in [-0.15, -0.1) is 5.10 Å². The van der Waals surface area contributed by atoms with Gasteiger partial charge >= 0.3 is 0 Å². The fraction of sp³-hybridized carbons (Fsp3) is 0.0357. The first kappa shape index (κ1) is 20.2. The summed E-state index contributed by atoms with van der Waals surface area (Å²) >= 11 is 0. The molecule has 0 saturated heterocycles. The van der Waals surface area contributed by atoms with Gasteiger partial charge < -0.3 is 0 Å². The van der Waals surface area contributed by atoms with Gasteiger partial charge in [0.1, 0.15) is 5.71 Å². The Kier molecular flexibility index (Phi) is 6.56. The predicted octanol–water partition coefficient (Wildman–Crippen LogP) is 6.01. The van der Waals surface area contributed by atoms with E-state index in [2.05, 4.69) is 22.3 Å². The smallest absolute Gasteiger partial charge is 0.213 e. The van der Waals surface area contributed by atoms with Gasteiger partial charge in [0, 0.05) is 17.5 Å². The molecule has 150 valence electrons. The van der Waals surface area contributed by atoms with E-state index in [-0.39, 0.29) is 5.78 Å². The minimum Gasteiger partial charge on any atom is -0.287 e. The molecule has 0 aliphatic rings. The third-order valence-corrected chi connectivity index (χ3v) is 4.89. The largest absolute Gasteiger partial charge is 0.287 e. The molecule has 4 rings (SSSR count). The topological polar surface area (TPSA) is 41.8 Å². The molecule has 0 N–H and O–H groups in total. The lowest BCUT2D eigenvalue weighted by atomic mass is 10.0. The Labute approximate surface area is 182 Å². The fourth-order valence-electron chi connectivity index (χ4n) is 3.28. The molecule has 0 aliphatic heterocycles. The first-order chi connectivity index (χ1) is 15.3. The highest BCUT2D eigenvalue weighted by molar-refractivity contribution is 6.51. The zero-order valence-electron chi connectivity index (χ0n) is 17.1. The number of hydrogen-bond donors (Lipinski definition) is 0. The summed E-state index contributed by atoms with van der Waals surface area (Å²) in [5.74, 6) is -0.150. The van der Waals surface area contributed by atoms with Crippen molar-refractivity contribution in [2.45, 2.75) is 6.42 Å². The highest BCUT2D eigenvalue weighted by Gasteiger charge is 2.16. The van der Waals surface area contributed by atoms with Crippen LogP contribution in [0.3, 0.4) is 0 Å². The number of benzene rings is 4. The lowest BCUT2D eigenvalue weighted by Crippen LogP contribution is -2.16. The maximum atomic E-state index is 13.3. The number of hydrogen-bond acceptors (Lipinski definition) is 3. The van der Waals surface area contributed by atoms with Gasteiger partial charge in [0.15, 0.2) is 0 Å². The maximum absolute atomic E-state index is 13.3. The third kappa shape index (κ3) is 5.28. The Hall–Kier alpha value is -4.11. The summed E-state index contributed by atoms with van der Waals surface area (Å²) in [7, 11) is 0.